The number of carbonyl (C=O) groups is 1. The summed E-state index contributed by atoms with van der Waals surface area (Å²) >= 11 is 0. The van der Waals surface area contributed by atoms with Crippen molar-refractivity contribution >= 4 is 6.09 Å². The van der Waals surface area contributed by atoms with Gasteiger partial charge in [-0.1, -0.05) is 30.3 Å². The summed E-state index contributed by atoms with van der Waals surface area (Å²) in [5.74, 6) is 0.725. The Hall–Kier alpha value is -1.59. The molecule has 0 bridgehead atoms. The van der Waals surface area contributed by atoms with Gasteiger partial charge >= 0.3 is 6.09 Å². The Balaban J connectivity index is 2.13. The molecule has 1 aromatic rings. The Kier molecular flexibility index (Phi) is 6.24. The normalized spacial score (nSPS) is 17.3. The number of rotatable bonds is 8. The Morgan fingerprint density at radius 2 is 1.92 bits per heavy atom. The fourth-order valence-electron chi connectivity index (χ4n) is 3.07. The molecule has 1 aliphatic rings. The van der Waals surface area contributed by atoms with Crippen molar-refractivity contribution in [1.29, 1.82) is 0 Å². The number of benzene rings is 1. The molecule has 0 aliphatic heterocycles. The van der Waals surface area contributed by atoms with Crippen LogP contribution in [-0.4, -0.2) is 52.0 Å². The van der Waals surface area contributed by atoms with E-state index in [2.05, 4.69) is 5.32 Å². The van der Waals surface area contributed by atoms with E-state index >= 15 is 0 Å². The van der Waals surface area contributed by atoms with E-state index < -0.39 is 23.8 Å². The minimum Gasteiger partial charge on any atom is -0.465 e. The lowest BCUT2D eigenvalue weighted by Gasteiger charge is -2.42. The van der Waals surface area contributed by atoms with Crippen LogP contribution in [0.15, 0.2) is 30.3 Å². The van der Waals surface area contributed by atoms with E-state index in [1.807, 2.05) is 51.1 Å². The van der Waals surface area contributed by atoms with Gasteiger partial charge in [0.15, 0.2) is 0 Å². The number of amides is 1. The summed E-state index contributed by atoms with van der Waals surface area (Å²) in [5.41, 5.74) is 0.446. The maximum atomic E-state index is 11.9. The molecule has 0 radical (unpaired) electrons. The van der Waals surface area contributed by atoms with E-state index in [1.165, 1.54) is 17.7 Å². The van der Waals surface area contributed by atoms with Crippen molar-refractivity contribution in [2.75, 3.05) is 13.1 Å². The van der Waals surface area contributed by atoms with Crippen molar-refractivity contribution in [3.05, 3.63) is 35.9 Å². The second-order valence-electron chi connectivity index (χ2n) is 7.75. The molecule has 134 valence electrons. The first kappa shape index (κ1) is 18.7. The van der Waals surface area contributed by atoms with Crippen LogP contribution in [0.3, 0.4) is 0 Å². The van der Waals surface area contributed by atoms with Crippen LogP contribution in [-0.2, 0) is 6.42 Å². The standard InChI is InChI=1S/C19H30N2O3/c1-19(2,3)21(18(23)24)16(11-14-7-5-4-6-8-14)17(22)13-20-12-15-9-10-15/h4-8,15-17,20,22H,9-13H2,1-3H3,(H,23,24)/t16-,17+/m0/s1. The Morgan fingerprint density at radius 3 is 2.42 bits per heavy atom. The van der Waals surface area contributed by atoms with Gasteiger partial charge in [-0.2, -0.15) is 0 Å². The zero-order valence-corrected chi connectivity index (χ0v) is 14.9. The van der Waals surface area contributed by atoms with Crippen molar-refractivity contribution < 1.29 is 15.0 Å². The van der Waals surface area contributed by atoms with Crippen molar-refractivity contribution in [3.63, 3.8) is 0 Å². The highest BCUT2D eigenvalue weighted by atomic mass is 16.4. The van der Waals surface area contributed by atoms with E-state index in [9.17, 15) is 15.0 Å². The summed E-state index contributed by atoms with van der Waals surface area (Å²) in [7, 11) is 0. The lowest BCUT2D eigenvalue weighted by atomic mass is 9.94. The number of aliphatic hydroxyl groups is 1. The van der Waals surface area contributed by atoms with E-state index in [1.54, 1.807) is 0 Å². The van der Waals surface area contributed by atoms with Crippen LogP contribution in [0.5, 0.6) is 0 Å². The van der Waals surface area contributed by atoms with Gasteiger partial charge in [-0.25, -0.2) is 4.79 Å². The maximum absolute atomic E-state index is 11.9. The van der Waals surface area contributed by atoms with E-state index in [4.69, 9.17) is 0 Å². The van der Waals surface area contributed by atoms with Crippen molar-refractivity contribution in [2.45, 2.75) is 57.7 Å². The number of nitrogens with one attached hydrogen (secondary N) is 1. The largest absolute Gasteiger partial charge is 0.465 e. The fourth-order valence-corrected chi connectivity index (χ4v) is 3.07. The smallest absolute Gasteiger partial charge is 0.408 e. The van der Waals surface area contributed by atoms with Crippen LogP contribution in [0.1, 0.15) is 39.2 Å². The highest BCUT2D eigenvalue weighted by Crippen LogP contribution is 2.27. The molecule has 0 heterocycles. The lowest BCUT2D eigenvalue weighted by molar-refractivity contribution is 0.00779. The highest BCUT2D eigenvalue weighted by molar-refractivity contribution is 5.66. The molecule has 5 heteroatoms. The first-order chi connectivity index (χ1) is 11.3. The molecule has 1 saturated carbocycles. The van der Waals surface area contributed by atoms with Gasteiger partial charge in [0.1, 0.15) is 0 Å². The number of carboxylic acid groups (broad SMARTS) is 1. The molecule has 2 rings (SSSR count). The predicted molar refractivity (Wildman–Crippen MR) is 95.2 cm³/mol. The van der Waals surface area contributed by atoms with Crippen LogP contribution in [0.4, 0.5) is 4.79 Å². The molecule has 0 unspecified atom stereocenters. The first-order valence-electron chi connectivity index (χ1n) is 8.74. The molecule has 0 aromatic heterocycles. The summed E-state index contributed by atoms with van der Waals surface area (Å²) in [4.78, 5) is 13.3. The molecule has 1 aromatic carbocycles. The van der Waals surface area contributed by atoms with Gasteiger partial charge in [-0.05, 0) is 58.1 Å². The molecular formula is C19H30N2O3. The molecular weight excluding hydrogens is 304 g/mol. The van der Waals surface area contributed by atoms with Gasteiger partial charge in [-0.3, -0.25) is 4.90 Å². The number of aliphatic hydroxyl groups excluding tert-OH is 1. The number of nitrogens with zero attached hydrogens (tertiary/aromatic N) is 1. The molecule has 1 fully saturated rings. The van der Waals surface area contributed by atoms with Gasteiger partial charge < -0.3 is 15.5 Å². The average Bonchev–Trinajstić information content (AvgIpc) is 3.30. The van der Waals surface area contributed by atoms with E-state index in [-0.39, 0.29) is 0 Å². The maximum Gasteiger partial charge on any atom is 0.408 e. The van der Waals surface area contributed by atoms with E-state index in [0.717, 1.165) is 18.0 Å². The minimum absolute atomic E-state index is 0.411. The summed E-state index contributed by atoms with van der Waals surface area (Å²) < 4.78 is 0. The zero-order valence-electron chi connectivity index (χ0n) is 14.9. The Bertz CT molecular complexity index is 523. The Morgan fingerprint density at radius 1 is 1.29 bits per heavy atom. The summed E-state index contributed by atoms with van der Waals surface area (Å²) in [6, 6.07) is 9.26. The van der Waals surface area contributed by atoms with Crippen LogP contribution in [0, 0.1) is 5.92 Å². The first-order valence-corrected chi connectivity index (χ1v) is 8.74. The third kappa shape index (κ3) is 5.49. The van der Waals surface area contributed by atoms with Gasteiger partial charge in [0, 0.05) is 12.1 Å². The fraction of sp³-hybridized carbons (Fsp3) is 0.632. The molecule has 0 saturated heterocycles. The van der Waals surface area contributed by atoms with Crippen molar-refractivity contribution in [2.24, 2.45) is 5.92 Å². The molecule has 2 atom stereocenters. The highest BCUT2D eigenvalue weighted by Gasteiger charge is 2.37. The third-order valence-corrected chi connectivity index (χ3v) is 4.48. The van der Waals surface area contributed by atoms with Gasteiger partial charge in [0.05, 0.1) is 12.1 Å². The lowest BCUT2D eigenvalue weighted by Crippen LogP contribution is -2.58. The monoisotopic (exact) mass is 334 g/mol. The SMILES string of the molecule is CC(C)(C)N(C(=O)O)[C@@H](Cc1ccccc1)[C@H](O)CNCC1CC1. The second kappa shape index (κ2) is 7.99. The predicted octanol–water partition coefficient (Wildman–Crippen LogP) is 2.74. The van der Waals surface area contributed by atoms with Crippen LogP contribution >= 0.6 is 0 Å². The Labute approximate surface area is 144 Å². The van der Waals surface area contributed by atoms with E-state index in [0.29, 0.717) is 13.0 Å². The zero-order chi connectivity index (χ0) is 17.7. The quantitative estimate of drug-likeness (QED) is 0.683. The molecule has 0 spiro atoms. The van der Waals surface area contributed by atoms with Gasteiger partial charge in [-0.15, -0.1) is 0 Å². The van der Waals surface area contributed by atoms with Crippen LogP contribution in [0.2, 0.25) is 0 Å². The molecule has 1 amide bonds. The van der Waals surface area contributed by atoms with Gasteiger partial charge in [0.25, 0.3) is 0 Å². The molecule has 1 aliphatic carbocycles. The minimum atomic E-state index is -0.996. The van der Waals surface area contributed by atoms with Crippen LogP contribution in [0.25, 0.3) is 0 Å². The topological polar surface area (TPSA) is 72.8 Å². The summed E-state index contributed by atoms with van der Waals surface area (Å²) in [6.45, 7) is 6.90. The average molecular weight is 334 g/mol. The van der Waals surface area contributed by atoms with Crippen molar-refractivity contribution in [3.8, 4) is 0 Å². The number of hydrogen-bond acceptors (Lipinski definition) is 3. The van der Waals surface area contributed by atoms with Crippen LogP contribution < -0.4 is 5.32 Å². The molecule has 5 nitrogen and oxygen atoms in total. The van der Waals surface area contributed by atoms with Gasteiger partial charge in [0.2, 0.25) is 0 Å². The van der Waals surface area contributed by atoms with Crippen molar-refractivity contribution in [1.82, 2.24) is 10.2 Å². The third-order valence-electron chi connectivity index (χ3n) is 4.48. The number of hydrogen-bond donors (Lipinski definition) is 3. The molecule has 3 N–H and O–H groups in total. The summed E-state index contributed by atoms with van der Waals surface area (Å²) in [5, 5.41) is 23.7. The summed E-state index contributed by atoms with van der Waals surface area (Å²) in [6.07, 6.45) is 1.25. The second-order valence-corrected chi connectivity index (χ2v) is 7.75. The molecule has 24 heavy (non-hydrogen) atoms.